The molecule has 0 spiro atoms. The first-order valence-corrected chi connectivity index (χ1v) is 9.99. The van der Waals surface area contributed by atoms with Gasteiger partial charge in [-0.05, 0) is 51.4 Å². The molecular weight excluding hydrogens is 328 g/mol. The minimum absolute atomic E-state index is 0.0745. The van der Waals surface area contributed by atoms with E-state index in [1.165, 1.54) is 25.7 Å². The molecule has 0 bridgehead atoms. The number of allylic oxidation sites excluding steroid dienone is 4. The van der Waals surface area contributed by atoms with Gasteiger partial charge < -0.3 is 0 Å². The monoisotopic (exact) mass is 366 g/mol. The smallest absolute Gasteiger partial charge is 0.233 e. The maximum absolute atomic E-state index is 10.9. The van der Waals surface area contributed by atoms with Crippen molar-refractivity contribution >= 4 is 11.8 Å². The van der Waals surface area contributed by atoms with Gasteiger partial charge in [0.15, 0.2) is 0 Å². The molecule has 0 atom stereocenters. The lowest BCUT2D eigenvalue weighted by molar-refractivity contribution is -0.122. The molecule has 2 amide bonds. The summed E-state index contributed by atoms with van der Waals surface area (Å²) in [4.78, 5) is 21.9. The fourth-order valence-electron chi connectivity index (χ4n) is 2.61. The van der Waals surface area contributed by atoms with Gasteiger partial charge in [-0.25, -0.2) is 11.7 Å². The minimum Gasteiger partial charge on any atom is -0.294 e. The van der Waals surface area contributed by atoms with E-state index in [0.29, 0.717) is 12.8 Å². The number of rotatable bonds is 17. The Morgan fingerprint density at radius 3 is 1.27 bits per heavy atom. The second kappa shape index (κ2) is 19.7. The number of carbonyl (C=O) groups is 2. The van der Waals surface area contributed by atoms with Crippen molar-refractivity contribution < 1.29 is 9.59 Å². The lowest BCUT2D eigenvalue weighted by Crippen LogP contribution is -2.29. The van der Waals surface area contributed by atoms with Crippen LogP contribution in [0.4, 0.5) is 0 Å². The van der Waals surface area contributed by atoms with Crippen LogP contribution < -0.4 is 22.5 Å². The summed E-state index contributed by atoms with van der Waals surface area (Å²) in [5.74, 6) is 9.91. The molecule has 0 aliphatic rings. The molecule has 6 heteroatoms. The fraction of sp³-hybridized carbons (Fsp3) is 0.700. The topological polar surface area (TPSA) is 110 Å². The molecule has 0 aliphatic carbocycles. The van der Waals surface area contributed by atoms with Gasteiger partial charge in [-0.1, -0.05) is 50.0 Å². The number of nitrogens with one attached hydrogen (secondary N) is 2. The summed E-state index contributed by atoms with van der Waals surface area (Å²) in [6.07, 6.45) is 23.3. The normalized spacial score (nSPS) is 11.3. The number of unbranched alkanes of at least 4 members (excludes halogenated alkanes) is 9. The first-order valence-electron chi connectivity index (χ1n) is 9.99. The highest BCUT2D eigenvalue weighted by molar-refractivity contribution is 5.75. The SMILES string of the molecule is NNC(=O)CCCCCC/C=C\CC/C=C/CCCCCCC(=O)NN. The van der Waals surface area contributed by atoms with Crippen LogP contribution in [0.5, 0.6) is 0 Å². The molecule has 6 nitrogen and oxygen atoms in total. The van der Waals surface area contributed by atoms with E-state index >= 15 is 0 Å². The Bertz CT molecular complexity index is 371. The van der Waals surface area contributed by atoms with Crippen LogP contribution >= 0.6 is 0 Å². The predicted molar refractivity (Wildman–Crippen MR) is 108 cm³/mol. The quantitative estimate of drug-likeness (QED) is 0.104. The molecule has 150 valence electrons. The zero-order valence-corrected chi connectivity index (χ0v) is 16.2. The summed E-state index contributed by atoms with van der Waals surface area (Å²) in [6, 6.07) is 0. The maximum Gasteiger partial charge on any atom is 0.233 e. The molecule has 0 radical (unpaired) electrons. The summed E-state index contributed by atoms with van der Waals surface area (Å²) < 4.78 is 0. The molecule has 0 rings (SSSR count). The molecule has 0 heterocycles. The van der Waals surface area contributed by atoms with Crippen molar-refractivity contribution in [3.63, 3.8) is 0 Å². The highest BCUT2D eigenvalue weighted by atomic mass is 16.2. The number of carbonyl (C=O) groups excluding carboxylic acids is 2. The predicted octanol–water partition coefficient (Wildman–Crippen LogP) is 3.54. The number of amides is 2. The average Bonchev–Trinajstić information content (AvgIpc) is 2.66. The van der Waals surface area contributed by atoms with Crippen LogP contribution in [0.1, 0.15) is 89.9 Å². The van der Waals surface area contributed by atoms with Gasteiger partial charge in [0, 0.05) is 12.8 Å². The van der Waals surface area contributed by atoms with Crippen molar-refractivity contribution in [3.05, 3.63) is 24.3 Å². The highest BCUT2D eigenvalue weighted by Crippen LogP contribution is 2.08. The molecule has 0 saturated carbocycles. The lowest BCUT2D eigenvalue weighted by Gasteiger charge is -1.99. The van der Waals surface area contributed by atoms with Crippen molar-refractivity contribution in [3.8, 4) is 0 Å². The second-order valence-electron chi connectivity index (χ2n) is 6.56. The maximum atomic E-state index is 10.9. The third kappa shape index (κ3) is 18.7. The third-order valence-corrected chi connectivity index (χ3v) is 4.20. The van der Waals surface area contributed by atoms with E-state index in [1.54, 1.807) is 0 Å². The fourth-order valence-corrected chi connectivity index (χ4v) is 2.61. The van der Waals surface area contributed by atoms with Crippen LogP contribution in [0.2, 0.25) is 0 Å². The lowest BCUT2D eigenvalue weighted by atomic mass is 10.1. The molecule has 0 aromatic heterocycles. The number of hydrogen-bond acceptors (Lipinski definition) is 4. The van der Waals surface area contributed by atoms with E-state index in [0.717, 1.165) is 51.4 Å². The van der Waals surface area contributed by atoms with Gasteiger partial charge in [-0.3, -0.25) is 20.4 Å². The van der Waals surface area contributed by atoms with Gasteiger partial charge in [0.1, 0.15) is 0 Å². The first-order chi connectivity index (χ1) is 12.7. The van der Waals surface area contributed by atoms with Crippen LogP contribution in [0.25, 0.3) is 0 Å². The molecule has 0 aromatic carbocycles. The van der Waals surface area contributed by atoms with Crippen LogP contribution in [0.15, 0.2) is 24.3 Å². The molecule has 0 aliphatic heterocycles. The molecule has 0 saturated heterocycles. The van der Waals surface area contributed by atoms with Crippen molar-refractivity contribution in [1.82, 2.24) is 10.9 Å². The van der Waals surface area contributed by atoms with Gasteiger partial charge in [0.2, 0.25) is 11.8 Å². The number of hydrazine groups is 2. The summed E-state index contributed by atoms with van der Waals surface area (Å²) in [6.45, 7) is 0. The number of hydrogen-bond donors (Lipinski definition) is 4. The highest BCUT2D eigenvalue weighted by Gasteiger charge is 1.97. The largest absolute Gasteiger partial charge is 0.294 e. The van der Waals surface area contributed by atoms with E-state index in [2.05, 4.69) is 35.2 Å². The molecule has 0 fully saturated rings. The first kappa shape index (κ1) is 24.3. The van der Waals surface area contributed by atoms with Gasteiger partial charge in [-0.2, -0.15) is 0 Å². The Hall–Kier alpha value is -1.66. The Labute approximate surface area is 158 Å². The molecule has 0 aromatic rings. The van der Waals surface area contributed by atoms with Crippen molar-refractivity contribution in [2.75, 3.05) is 0 Å². The van der Waals surface area contributed by atoms with E-state index < -0.39 is 0 Å². The van der Waals surface area contributed by atoms with E-state index in [4.69, 9.17) is 11.7 Å². The van der Waals surface area contributed by atoms with Crippen LogP contribution in [-0.4, -0.2) is 11.8 Å². The zero-order valence-electron chi connectivity index (χ0n) is 16.2. The Kier molecular flexibility index (Phi) is 18.4. The summed E-state index contributed by atoms with van der Waals surface area (Å²) in [5, 5.41) is 0. The molecule has 26 heavy (non-hydrogen) atoms. The Balaban J connectivity index is 3.25. The van der Waals surface area contributed by atoms with Gasteiger partial charge in [0.25, 0.3) is 0 Å². The summed E-state index contributed by atoms with van der Waals surface area (Å²) in [7, 11) is 0. The third-order valence-electron chi connectivity index (χ3n) is 4.20. The zero-order chi connectivity index (χ0) is 19.3. The minimum atomic E-state index is -0.0745. The Morgan fingerprint density at radius 2 is 0.885 bits per heavy atom. The average molecular weight is 367 g/mol. The van der Waals surface area contributed by atoms with Crippen molar-refractivity contribution in [1.29, 1.82) is 0 Å². The number of nitrogens with two attached hydrogens (primary N) is 2. The second-order valence-corrected chi connectivity index (χ2v) is 6.56. The van der Waals surface area contributed by atoms with Gasteiger partial charge >= 0.3 is 0 Å². The van der Waals surface area contributed by atoms with Gasteiger partial charge in [-0.15, -0.1) is 0 Å². The van der Waals surface area contributed by atoms with Crippen LogP contribution in [-0.2, 0) is 9.59 Å². The van der Waals surface area contributed by atoms with E-state index in [1.807, 2.05) is 0 Å². The molecule has 0 unspecified atom stereocenters. The van der Waals surface area contributed by atoms with Crippen LogP contribution in [0.3, 0.4) is 0 Å². The van der Waals surface area contributed by atoms with E-state index in [9.17, 15) is 9.59 Å². The molecule has 6 N–H and O–H groups in total. The van der Waals surface area contributed by atoms with Crippen molar-refractivity contribution in [2.24, 2.45) is 11.7 Å². The van der Waals surface area contributed by atoms with Crippen LogP contribution in [0, 0.1) is 0 Å². The summed E-state index contributed by atoms with van der Waals surface area (Å²) >= 11 is 0. The Morgan fingerprint density at radius 1 is 0.538 bits per heavy atom. The summed E-state index contributed by atoms with van der Waals surface area (Å²) in [5.41, 5.74) is 4.31. The standard InChI is InChI=1S/C20H38N4O2/c21-23-19(25)17-15-13-11-9-7-5-3-1-2-4-6-8-10-12-14-16-18-20(26)24-22/h3-6H,1-2,7-18,21-22H2,(H,23,25)(H,24,26)/b5-3-,6-4+. The van der Waals surface area contributed by atoms with Gasteiger partial charge in [0.05, 0.1) is 0 Å². The molecular formula is C20H38N4O2. The van der Waals surface area contributed by atoms with Crippen molar-refractivity contribution in [2.45, 2.75) is 89.9 Å². The van der Waals surface area contributed by atoms with E-state index in [-0.39, 0.29) is 11.8 Å².